The van der Waals surface area contributed by atoms with E-state index in [1.807, 2.05) is 25.5 Å². The highest BCUT2D eigenvalue weighted by Crippen LogP contribution is 2.09. The van der Waals surface area contributed by atoms with Crippen LogP contribution < -0.4 is 5.32 Å². The summed E-state index contributed by atoms with van der Waals surface area (Å²) in [4.78, 5) is 12.4. The van der Waals surface area contributed by atoms with Crippen molar-refractivity contribution in [2.75, 3.05) is 20.6 Å². The lowest BCUT2D eigenvalue weighted by molar-refractivity contribution is 0.484. The highest BCUT2D eigenvalue weighted by atomic mass is 127. The average Bonchev–Trinajstić information content (AvgIpc) is 3.33. The van der Waals surface area contributed by atoms with Gasteiger partial charge >= 0.3 is 0 Å². The summed E-state index contributed by atoms with van der Waals surface area (Å²) in [6.07, 6.45) is 4.90. The van der Waals surface area contributed by atoms with E-state index in [1.165, 1.54) is 10.4 Å². The van der Waals surface area contributed by atoms with E-state index in [1.54, 1.807) is 11.3 Å². The van der Waals surface area contributed by atoms with E-state index < -0.39 is 0 Å². The second kappa shape index (κ2) is 11.1. The fraction of sp³-hybridized carbons (Fsp3) is 0.300. The Morgan fingerprint density at radius 2 is 2.04 bits per heavy atom. The number of guanidine groups is 1. The molecule has 2 heterocycles. The van der Waals surface area contributed by atoms with E-state index in [0.717, 1.165) is 31.3 Å². The molecule has 0 saturated carbocycles. The summed E-state index contributed by atoms with van der Waals surface area (Å²) >= 11 is 1.80. The van der Waals surface area contributed by atoms with Crippen LogP contribution in [0.5, 0.6) is 0 Å². The zero-order chi connectivity index (χ0) is 18.2. The molecule has 1 aromatic carbocycles. The summed E-state index contributed by atoms with van der Waals surface area (Å²) in [7, 11) is 3.89. The summed E-state index contributed by atoms with van der Waals surface area (Å²) in [5, 5.41) is 5.54. The third-order valence-electron chi connectivity index (χ3n) is 4.25. The highest BCUT2D eigenvalue weighted by molar-refractivity contribution is 14.0. The van der Waals surface area contributed by atoms with Crippen LogP contribution in [0.3, 0.4) is 0 Å². The van der Waals surface area contributed by atoms with Gasteiger partial charge in [-0.2, -0.15) is 0 Å². The van der Waals surface area contributed by atoms with E-state index in [2.05, 4.69) is 73.6 Å². The lowest BCUT2D eigenvalue weighted by Gasteiger charge is -2.22. The second-order valence-electron chi connectivity index (χ2n) is 6.11. The van der Waals surface area contributed by atoms with Gasteiger partial charge < -0.3 is 14.8 Å². The van der Waals surface area contributed by atoms with Gasteiger partial charge in [0.05, 0.1) is 6.54 Å². The maximum absolute atomic E-state index is 4.49. The SMILES string of the molecule is CN=C(NCc1nccn1Cc1ccccc1)N(C)CCc1cccs1.I. The van der Waals surface area contributed by atoms with Gasteiger partial charge in [-0.3, -0.25) is 4.99 Å². The van der Waals surface area contributed by atoms with Crippen molar-refractivity contribution in [3.05, 3.63) is 76.5 Å². The van der Waals surface area contributed by atoms with Gasteiger partial charge in [-0.05, 0) is 23.4 Å². The summed E-state index contributed by atoms with van der Waals surface area (Å²) in [6, 6.07) is 14.7. The molecule has 0 unspecified atom stereocenters. The van der Waals surface area contributed by atoms with E-state index in [4.69, 9.17) is 0 Å². The molecule has 27 heavy (non-hydrogen) atoms. The Hall–Kier alpha value is -1.87. The van der Waals surface area contributed by atoms with Crippen LogP contribution >= 0.6 is 35.3 Å². The number of hydrogen-bond acceptors (Lipinski definition) is 3. The van der Waals surface area contributed by atoms with Crippen molar-refractivity contribution in [3.8, 4) is 0 Å². The minimum atomic E-state index is 0. The molecule has 2 aromatic heterocycles. The Balaban J connectivity index is 0.00000261. The number of aliphatic imine (C=N–C) groups is 1. The number of likely N-dealkylation sites (N-methyl/N-ethyl adjacent to an activating group) is 1. The zero-order valence-electron chi connectivity index (χ0n) is 15.7. The summed E-state index contributed by atoms with van der Waals surface area (Å²) in [5.41, 5.74) is 1.27. The van der Waals surface area contributed by atoms with Gasteiger partial charge in [0.15, 0.2) is 5.96 Å². The largest absolute Gasteiger partial charge is 0.349 e. The van der Waals surface area contributed by atoms with Crippen LogP contribution in [0.25, 0.3) is 0 Å². The standard InChI is InChI=1S/C20H25N5S.HI/c1-21-20(24(2)12-10-18-9-6-14-26-18)23-15-19-22-11-13-25(19)16-17-7-4-3-5-8-17;/h3-9,11,13-14H,10,12,15-16H2,1-2H3,(H,21,23);1H. The Morgan fingerprint density at radius 3 is 2.74 bits per heavy atom. The van der Waals surface area contributed by atoms with Crippen molar-refractivity contribution in [1.82, 2.24) is 19.8 Å². The number of imidazole rings is 1. The van der Waals surface area contributed by atoms with Gasteiger partial charge in [0.25, 0.3) is 0 Å². The number of benzene rings is 1. The molecule has 0 aliphatic carbocycles. The number of hydrogen-bond donors (Lipinski definition) is 1. The molecule has 5 nitrogen and oxygen atoms in total. The number of rotatable bonds is 7. The van der Waals surface area contributed by atoms with E-state index in [9.17, 15) is 0 Å². The molecule has 0 atom stereocenters. The zero-order valence-corrected chi connectivity index (χ0v) is 18.9. The van der Waals surface area contributed by atoms with Crippen molar-refractivity contribution in [1.29, 1.82) is 0 Å². The van der Waals surface area contributed by atoms with Gasteiger partial charge in [0, 0.05) is 44.5 Å². The predicted molar refractivity (Wildman–Crippen MR) is 124 cm³/mol. The molecule has 0 spiro atoms. The summed E-state index contributed by atoms with van der Waals surface area (Å²) in [6.45, 7) is 2.40. The van der Waals surface area contributed by atoms with Crippen LogP contribution in [0.2, 0.25) is 0 Å². The van der Waals surface area contributed by atoms with E-state index >= 15 is 0 Å². The van der Waals surface area contributed by atoms with Gasteiger partial charge in [-0.15, -0.1) is 35.3 Å². The fourth-order valence-electron chi connectivity index (χ4n) is 2.81. The predicted octanol–water partition coefficient (Wildman–Crippen LogP) is 3.86. The van der Waals surface area contributed by atoms with Crippen LogP contribution in [0.4, 0.5) is 0 Å². The summed E-state index contributed by atoms with van der Waals surface area (Å²) < 4.78 is 2.17. The lowest BCUT2D eigenvalue weighted by atomic mass is 10.2. The molecule has 0 saturated heterocycles. The van der Waals surface area contributed by atoms with Gasteiger partial charge in [0.1, 0.15) is 5.82 Å². The molecular weight excluding hydrogens is 469 g/mol. The summed E-state index contributed by atoms with van der Waals surface area (Å²) in [5.74, 6) is 1.89. The number of nitrogens with zero attached hydrogens (tertiary/aromatic N) is 4. The number of nitrogens with one attached hydrogen (secondary N) is 1. The van der Waals surface area contributed by atoms with Crippen LogP contribution in [-0.2, 0) is 19.5 Å². The smallest absolute Gasteiger partial charge is 0.193 e. The molecule has 0 aliphatic rings. The Morgan fingerprint density at radius 1 is 1.22 bits per heavy atom. The molecule has 0 aliphatic heterocycles. The molecule has 3 aromatic rings. The quantitative estimate of drug-likeness (QED) is 0.308. The van der Waals surface area contributed by atoms with E-state index in [-0.39, 0.29) is 24.0 Å². The van der Waals surface area contributed by atoms with E-state index in [0.29, 0.717) is 6.54 Å². The first-order chi connectivity index (χ1) is 12.8. The van der Waals surface area contributed by atoms with Crippen LogP contribution in [0, 0.1) is 0 Å². The van der Waals surface area contributed by atoms with Crippen molar-refractivity contribution in [3.63, 3.8) is 0 Å². The maximum Gasteiger partial charge on any atom is 0.193 e. The molecule has 0 bridgehead atoms. The van der Waals surface area contributed by atoms with Gasteiger partial charge in [-0.1, -0.05) is 36.4 Å². The first kappa shape index (κ1) is 21.4. The number of halogens is 1. The topological polar surface area (TPSA) is 45.5 Å². The highest BCUT2D eigenvalue weighted by Gasteiger charge is 2.09. The van der Waals surface area contributed by atoms with Crippen molar-refractivity contribution < 1.29 is 0 Å². The van der Waals surface area contributed by atoms with Crippen molar-refractivity contribution in [2.24, 2.45) is 4.99 Å². The third-order valence-corrected chi connectivity index (χ3v) is 5.19. The molecule has 0 amide bonds. The molecule has 7 heteroatoms. The first-order valence-corrected chi connectivity index (χ1v) is 9.62. The molecule has 0 fully saturated rings. The Labute approximate surface area is 182 Å². The molecule has 1 N–H and O–H groups in total. The lowest BCUT2D eigenvalue weighted by Crippen LogP contribution is -2.39. The Kier molecular flexibility index (Phi) is 8.80. The van der Waals surface area contributed by atoms with Gasteiger partial charge in [-0.25, -0.2) is 4.98 Å². The monoisotopic (exact) mass is 495 g/mol. The van der Waals surface area contributed by atoms with Crippen LogP contribution in [0.15, 0.2) is 65.2 Å². The number of aromatic nitrogens is 2. The molecule has 3 rings (SSSR count). The average molecular weight is 495 g/mol. The van der Waals surface area contributed by atoms with Crippen LogP contribution in [-0.4, -0.2) is 41.1 Å². The Bertz CT molecular complexity index is 814. The second-order valence-corrected chi connectivity index (χ2v) is 7.14. The van der Waals surface area contributed by atoms with Gasteiger partial charge in [0.2, 0.25) is 0 Å². The maximum atomic E-state index is 4.49. The third kappa shape index (κ3) is 6.35. The molecule has 144 valence electrons. The van der Waals surface area contributed by atoms with Crippen LogP contribution in [0.1, 0.15) is 16.3 Å². The minimum absolute atomic E-state index is 0. The minimum Gasteiger partial charge on any atom is -0.349 e. The number of thiophene rings is 1. The van der Waals surface area contributed by atoms with Crippen molar-refractivity contribution >= 4 is 41.3 Å². The van der Waals surface area contributed by atoms with Crippen molar-refractivity contribution in [2.45, 2.75) is 19.5 Å². The molecule has 0 radical (unpaired) electrons. The normalized spacial score (nSPS) is 11.1. The molecular formula is C20H26IN5S. The fourth-order valence-corrected chi connectivity index (χ4v) is 3.51. The first-order valence-electron chi connectivity index (χ1n) is 8.74.